The van der Waals surface area contributed by atoms with Gasteiger partial charge in [0.25, 0.3) is 10.9 Å². The van der Waals surface area contributed by atoms with E-state index in [2.05, 4.69) is 0 Å². The summed E-state index contributed by atoms with van der Waals surface area (Å²) in [5.74, 6) is 0. The summed E-state index contributed by atoms with van der Waals surface area (Å²) in [4.78, 5) is 30.6. The second-order valence-corrected chi connectivity index (χ2v) is 3.45. The van der Waals surface area contributed by atoms with Crippen molar-refractivity contribution in [2.24, 2.45) is 0 Å². The van der Waals surface area contributed by atoms with Crippen LogP contribution < -0.4 is 0 Å². The molecule has 9 heteroatoms. The molecule has 0 spiro atoms. The average Bonchev–Trinajstić information content (AvgIpc) is 2.25. The number of carbonyl (C=O) groups excluding carboxylic acids is 2. The molecule has 0 amide bonds. The molecule has 0 fully saturated rings. The molecule has 0 aliphatic carbocycles. The smallest absolute Gasteiger partial charge is 0.298 e. The normalized spacial score (nSPS) is 11.1. The maximum atomic E-state index is 12.6. The highest BCUT2D eigenvalue weighted by Crippen LogP contribution is 2.38. The van der Waals surface area contributed by atoms with Gasteiger partial charge in [0.2, 0.25) is 0 Å². The lowest BCUT2D eigenvalue weighted by molar-refractivity contribution is -0.388. The first kappa shape index (κ1) is 14.1. The van der Waals surface area contributed by atoms with Crippen molar-refractivity contribution < 1.29 is 27.7 Å². The number of aldehydes is 1. The molecule has 0 aliphatic heterocycles. The first-order chi connectivity index (χ1) is 8.18. The second kappa shape index (κ2) is 4.73. The predicted octanol–water partition coefficient (Wildman–Crippen LogP) is 2.81. The van der Waals surface area contributed by atoms with Crippen LogP contribution in [-0.2, 0) is 6.18 Å². The van der Waals surface area contributed by atoms with Gasteiger partial charge in [-0.2, -0.15) is 13.2 Å². The number of rotatable bonds is 3. The molecule has 0 saturated carbocycles. The van der Waals surface area contributed by atoms with Gasteiger partial charge in [-0.25, -0.2) is 0 Å². The molecule has 0 N–H and O–H groups in total. The number of hydrogen-bond acceptors (Lipinski definition) is 4. The number of nitro benzene ring substituents is 1. The van der Waals surface area contributed by atoms with E-state index in [0.717, 1.165) is 0 Å². The summed E-state index contributed by atoms with van der Waals surface area (Å²) in [6, 6.07) is 0.934. The molecule has 0 aliphatic rings. The van der Waals surface area contributed by atoms with Crippen LogP contribution in [0.15, 0.2) is 12.1 Å². The number of nitro groups is 1. The van der Waals surface area contributed by atoms with Crippen LogP contribution in [0.1, 0.15) is 26.3 Å². The highest BCUT2D eigenvalue weighted by Gasteiger charge is 2.41. The first-order valence-electron chi connectivity index (χ1n) is 4.23. The molecule has 0 atom stereocenters. The van der Waals surface area contributed by atoms with Crippen molar-refractivity contribution in [3.05, 3.63) is 38.9 Å². The molecular formula is C9H3ClF3NO4. The van der Waals surface area contributed by atoms with Gasteiger partial charge in [0.15, 0.2) is 6.29 Å². The second-order valence-electron chi connectivity index (χ2n) is 3.11. The van der Waals surface area contributed by atoms with Gasteiger partial charge in [-0.1, -0.05) is 0 Å². The standard InChI is InChI=1S/C9H3ClF3NO4/c10-8(16)4-1-5(3-15)7(9(11,12)13)6(2-4)14(17)18/h1-3H. The van der Waals surface area contributed by atoms with E-state index in [0.29, 0.717) is 12.1 Å². The van der Waals surface area contributed by atoms with Crippen LogP contribution in [0.5, 0.6) is 0 Å². The SMILES string of the molecule is O=Cc1cc(C(=O)Cl)cc([N+](=O)[O-])c1C(F)(F)F. The topological polar surface area (TPSA) is 77.3 Å². The lowest BCUT2D eigenvalue weighted by Crippen LogP contribution is -2.13. The maximum Gasteiger partial charge on any atom is 0.423 e. The van der Waals surface area contributed by atoms with Crippen molar-refractivity contribution in [1.29, 1.82) is 0 Å². The Balaban J connectivity index is 3.73. The van der Waals surface area contributed by atoms with E-state index in [-0.39, 0.29) is 6.29 Å². The van der Waals surface area contributed by atoms with E-state index < -0.39 is 38.7 Å². The van der Waals surface area contributed by atoms with Crippen molar-refractivity contribution in [2.45, 2.75) is 6.18 Å². The molecule has 1 rings (SSSR count). The number of halogens is 4. The van der Waals surface area contributed by atoms with Crippen LogP contribution in [0.4, 0.5) is 18.9 Å². The highest BCUT2D eigenvalue weighted by atomic mass is 35.5. The maximum absolute atomic E-state index is 12.6. The molecule has 0 unspecified atom stereocenters. The van der Waals surface area contributed by atoms with Crippen LogP contribution in [0, 0.1) is 10.1 Å². The van der Waals surface area contributed by atoms with E-state index in [1.807, 2.05) is 0 Å². The molecule has 0 bridgehead atoms. The molecule has 18 heavy (non-hydrogen) atoms. The van der Waals surface area contributed by atoms with E-state index >= 15 is 0 Å². The Bertz CT molecular complexity index is 541. The largest absolute Gasteiger partial charge is 0.423 e. The Labute approximate surface area is 102 Å². The summed E-state index contributed by atoms with van der Waals surface area (Å²) in [6.07, 6.45) is -5.31. The fourth-order valence-electron chi connectivity index (χ4n) is 1.31. The number of hydrogen-bond donors (Lipinski definition) is 0. The quantitative estimate of drug-likeness (QED) is 0.369. The molecule has 0 saturated heterocycles. The van der Waals surface area contributed by atoms with Crippen molar-refractivity contribution in [3.8, 4) is 0 Å². The number of carbonyl (C=O) groups is 2. The molecule has 0 radical (unpaired) electrons. The Morgan fingerprint density at radius 2 is 1.94 bits per heavy atom. The minimum atomic E-state index is -5.09. The Morgan fingerprint density at radius 3 is 2.28 bits per heavy atom. The average molecular weight is 282 g/mol. The molecule has 0 aromatic heterocycles. The van der Waals surface area contributed by atoms with E-state index in [4.69, 9.17) is 11.6 Å². The summed E-state index contributed by atoms with van der Waals surface area (Å²) >= 11 is 5.02. The lowest BCUT2D eigenvalue weighted by Gasteiger charge is -2.10. The van der Waals surface area contributed by atoms with Gasteiger partial charge < -0.3 is 0 Å². The summed E-state index contributed by atoms with van der Waals surface area (Å²) in [5.41, 5.74) is -4.67. The van der Waals surface area contributed by atoms with E-state index in [1.54, 1.807) is 0 Å². The zero-order valence-electron chi connectivity index (χ0n) is 8.32. The molecule has 96 valence electrons. The third-order valence-electron chi connectivity index (χ3n) is 1.98. The van der Waals surface area contributed by atoms with E-state index in [1.165, 1.54) is 0 Å². The van der Waals surface area contributed by atoms with Crippen LogP contribution >= 0.6 is 11.6 Å². The van der Waals surface area contributed by atoms with Gasteiger partial charge >= 0.3 is 6.18 Å². The number of benzene rings is 1. The van der Waals surface area contributed by atoms with Crippen LogP contribution in [0.2, 0.25) is 0 Å². The Hall–Kier alpha value is -1.96. The van der Waals surface area contributed by atoms with Crippen molar-refractivity contribution in [3.63, 3.8) is 0 Å². The van der Waals surface area contributed by atoms with Gasteiger partial charge in [0.1, 0.15) is 5.56 Å². The van der Waals surface area contributed by atoms with Gasteiger partial charge in [-0.15, -0.1) is 0 Å². The van der Waals surface area contributed by atoms with Crippen molar-refractivity contribution >= 4 is 28.8 Å². The van der Waals surface area contributed by atoms with Gasteiger partial charge in [-0.3, -0.25) is 19.7 Å². The third-order valence-corrected chi connectivity index (χ3v) is 2.20. The minimum absolute atomic E-state index is 0.223. The third kappa shape index (κ3) is 2.65. The van der Waals surface area contributed by atoms with Gasteiger partial charge in [0.05, 0.1) is 4.92 Å². The molecule has 5 nitrogen and oxygen atoms in total. The molecule has 0 heterocycles. The molecule has 1 aromatic carbocycles. The predicted molar refractivity (Wildman–Crippen MR) is 53.7 cm³/mol. The first-order valence-corrected chi connectivity index (χ1v) is 4.61. The fraction of sp³-hybridized carbons (Fsp3) is 0.111. The summed E-state index contributed by atoms with van der Waals surface area (Å²) in [7, 11) is 0. The fourth-order valence-corrected chi connectivity index (χ4v) is 1.42. The molecular weight excluding hydrogens is 279 g/mol. The summed E-state index contributed by atoms with van der Waals surface area (Å²) in [6.45, 7) is 0. The highest BCUT2D eigenvalue weighted by molar-refractivity contribution is 6.67. The van der Waals surface area contributed by atoms with E-state index in [9.17, 15) is 32.9 Å². The Kier molecular flexibility index (Phi) is 3.70. The summed E-state index contributed by atoms with van der Waals surface area (Å²) < 4.78 is 37.8. The Morgan fingerprint density at radius 1 is 1.39 bits per heavy atom. The van der Waals surface area contributed by atoms with Gasteiger partial charge in [-0.05, 0) is 17.7 Å². The number of nitrogens with zero attached hydrogens (tertiary/aromatic N) is 1. The van der Waals surface area contributed by atoms with Crippen LogP contribution in [-0.4, -0.2) is 16.5 Å². The zero-order chi connectivity index (χ0) is 14.1. The summed E-state index contributed by atoms with van der Waals surface area (Å²) in [5, 5.41) is 9.35. The monoisotopic (exact) mass is 281 g/mol. The van der Waals surface area contributed by atoms with Crippen molar-refractivity contribution in [2.75, 3.05) is 0 Å². The van der Waals surface area contributed by atoms with Crippen LogP contribution in [0.25, 0.3) is 0 Å². The van der Waals surface area contributed by atoms with Crippen molar-refractivity contribution in [1.82, 2.24) is 0 Å². The zero-order valence-corrected chi connectivity index (χ0v) is 9.08. The molecule has 1 aromatic rings. The number of alkyl halides is 3. The lowest BCUT2D eigenvalue weighted by atomic mass is 10.0. The van der Waals surface area contributed by atoms with Crippen LogP contribution in [0.3, 0.4) is 0 Å². The minimum Gasteiger partial charge on any atom is -0.298 e. The van der Waals surface area contributed by atoms with Gasteiger partial charge in [0, 0.05) is 17.2 Å².